The van der Waals surface area contributed by atoms with Crippen LogP contribution in [0.4, 0.5) is 0 Å². The standard InChI is InChI=1S/C15H32N4O/c1-5-16-15(18-13(3)12-20-4)17-10-14-8-7-9-19(6-2)11-14/h13-14H,5-12H2,1-4H3,(H2,16,17,18). The van der Waals surface area contributed by atoms with Gasteiger partial charge in [0.25, 0.3) is 0 Å². The fourth-order valence-corrected chi connectivity index (χ4v) is 2.65. The topological polar surface area (TPSA) is 48.9 Å². The summed E-state index contributed by atoms with van der Waals surface area (Å²) in [4.78, 5) is 7.27. The van der Waals surface area contributed by atoms with Crippen LogP contribution in [0.15, 0.2) is 4.99 Å². The van der Waals surface area contributed by atoms with E-state index in [1.165, 1.54) is 25.9 Å². The number of likely N-dealkylation sites (tertiary alicyclic amines) is 1. The lowest BCUT2D eigenvalue weighted by Gasteiger charge is -2.31. The molecule has 2 atom stereocenters. The summed E-state index contributed by atoms with van der Waals surface area (Å²) in [5, 5.41) is 6.69. The van der Waals surface area contributed by atoms with Gasteiger partial charge in [0.05, 0.1) is 6.61 Å². The van der Waals surface area contributed by atoms with Gasteiger partial charge in [-0.15, -0.1) is 0 Å². The highest BCUT2D eigenvalue weighted by Crippen LogP contribution is 2.16. The Morgan fingerprint density at radius 3 is 2.90 bits per heavy atom. The Morgan fingerprint density at radius 1 is 1.45 bits per heavy atom. The molecule has 1 aliphatic rings. The van der Waals surface area contributed by atoms with E-state index in [-0.39, 0.29) is 6.04 Å². The summed E-state index contributed by atoms with van der Waals surface area (Å²) in [5.74, 6) is 1.60. The molecule has 20 heavy (non-hydrogen) atoms. The molecule has 0 saturated carbocycles. The normalized spacial score (nSPS) is 22.6. The van der Waals surface area contributed by atoms with Crippen molar-refractivity contribution < 1.29 is 4.74 Å². The number of ether oxygens (including phenoxy) is 1. The summed E-state index contributed by atoms with van der Waals surface area (Å²) in [6, 6.07) is 0.274. The van der Waals surface area contributed by atoms with Crippen LogP contribution in [-0.2, 0) is 4.74 Å². The molecule has 0 spiro atoms. The number of hydrogen-bond donors (Lipinski definition) is 2. The lowest BCUT2D eigenvalue weighted by molar-refractivity contribution is 0.178. The second-order valence-electron chi connectivity index (χ2n) is 5.62. The predicted molar refractivity (Wildman–Crippen MR) is 85.3 cm³/mol. The number of piperidine rings is 1. The molecule has 0 amide bonds. The molecule has 0 radical (unpaired) electrons. The van der Waals surface area contributed by atoms with Crippen LogP contribution in [-0.4, -0.2) is 63.3 Å². The molecule has 1 saturated heterocycles. The Morgan fingerprint density at radius 2 is 2.25 bits per heavy atom. The van der Waals surface area contributed by atoms with E-state index in [1.807, 2.05) is 0 Å². The average Bonchev–Trinajstić information content (AvgIpc) is 2.45. The number of nitrogens with zero attached hydrogens (tertiary/aromatic N) is 2. The molecule has 1 heterocycles. The highest BCUT2D eigenvalue weighted by atomic mass is 16.5. The molecule has 2 unspecified atom stereocenters. The molecule has 5 nitrogen and oxygen atoms in total. The molecule has 1 fully saturated rings. The van der Waals surface area contributed by atoms with Gasteiger partial charge in [0.2, 0.25) is 0 Å². The van der Waals surface area contributed by atoms with Crippen LogP contribution >= 0.6 is 0 Å². The number of hydrogen-bond acceptors (Lipinski definition) is 3. The Kier molecular flexibility index (Phi) is 8.62. The van der Waals surface area contributed by atoms with Crippen molar-refractivity contribution in [2.45, 2.75) is 39.7 Å². The summed E-state index contributed by atoms with van der Waals surface area (Å²) in [5.41, 5.74) is 0. The zero-order valence-corrected chi connectivity index (χ0v) is 13.6. The Bertz CT molecular complexity index is 283. The second kappa shape index (κ2) is 10.00. The van der Waals surface area contributed by atoms with Gasteiger partial charge in [0.1, 0.15) is 0 Å². The SMILES string of the molecule is CCNC(=NCC1CCCN(CC)C1)NC(C)COC. The number of guanidine groups is 1. The van der Waals surface area contributed by atoms with Gasteiger partial charge in [0.15, 0.2) is 5.96 Å². The van der Waals surface area contributed by atoms with Crippen LogP contribution in [0.3, 0.4) is 0 Å². The average molecular weight is 284 g/mol. The van der Waals surface area contributed by atoms with Crippen molar-refractivity contribution in [1.82, 2.24) is 15.5 Å². The minimum absolute atomic E-state index is 0.274. The van der Waals surface area contributed by atoms with Crippen molar-refractivity contribution in [3.63, 3.8) is 0 Å². The van der Waals surface area contributed by atoms with Gasteiger partial charge in [-0.3, -0.25) is 4.99 Å². The number of nitrogens with one attached hydrogen (secondary N) is 2. The minimum Gasteiger partial charge on any atom is -0.383 e. The maximum atomic E-state index is 5.15. The predicted octanol–water partition coefficient (Wildman–Crippen LogP) is 1.31. The van der Waals surface area contributed by atoms with E-state index < -0.39 is 0 Å². The monoisotopic (exact) mass is 284 g/mol. The lowest BCUT2D eigenvalue weighted by atomic mass is 9.98. The molecule has 0 aliphatic carbocycles. The van der Waals surface area contributed by atoms with Gasteiger partial charge in [-0.25, -0.2) is 0 Å². The lowest BCUT2D eigenvalue weighted by Crippen LogP contribution is -2.44. The van der Waals surface area contributed by atoms with E-state index in [9.17, 15) is 0 Å². The van der Waals surface area contributed by atoms with E-state index in [0.717, 1.165) is 25.6 Å². The van der Waals surface area contributed by atoms with Crippen molar-refractivity contribution in [3.05, 3.63) is 0 Å². The van der Waals surface area contributed by atoms with Gasteiger partial charge in [-0.1, -0.05) is 6.92 Å². The first kappa shape index (κ1) is 17.2. The molecular formula is C15H32N4O. The Hall–Kier alpha value is -0.810. The first-order valence-corrected chi connectivity index (χ1v) is 7.95. The van der Waals surface area contributed by atoms with Crippen molar-refractivity contribution >= 4 is 5.96 Å². The Labute approximate surface area is 124 Å². The third-order valence-electron chi connectivity index (χ3n) is 3.70. The van der Waals surface area contributed by atoms with Crippen LogP contribution in [0.1, 0.15) is 33.6 Å². The summed E-state index contributed by atoms with van der Waals surface area (Å²) in [6.45, 7) is 12.5. The zero-order chi connectivity index (χ0) is 14.8. The second-order valence-corrected chi connectivity index (χ2v) is 5.62. The molecule has 0 bridgehead atoms. The molecule has 2 N–H and O–H groups in total. The quantitative estimate of drug-likeness (QED) is 0.547. The molecule has 1 aliphatic heterocycles. The van der Waals surface area contributed by atoms with E-state index >= 15 is 0 Å². The number of rotatable bonds is 7. The fraction of sp³-hybridized carbons (Fsp3) is 0.933. The van der Waals surface area contributed by atoms with Crippen LogP contribution in [0.5, 0.6) is 0 Å². The maximum Gasteiger partial charge on any atom is 0.191 e. The van der Waals surface area contributed by atoms with E-state index in [1.54, 1.807) is 7.11 Å². The van der Waals surface area contributed by atoms with Gasteiger partial charge < -0.3 is 20.3 Å². The van der Waals surface area contributed by atoms with Gasteiger partial charge in [0, 0.05) is 32.8 Å². The first-order chi connectivity index (χ1) is 9.69. The van der Waals surface area contributed by atoms with Gasteiger partial charge in [-0.2, -0.15) is 0 Å². The summed E-state index contributed by atoms with van der Waals surface area (Å²) >= 11 is 0. The maximum absolute atomic E-state index is 5.15. The molecule has 0 aromatic rings. The highest BCUT2D eigenvalue weighted by molar-refractivity contribution is 5.80. The van der Waals surface area contributed by atoms with Crippen LogP contribution < -0.4 is 10.6 Å². The van der Waals surface area contributed by atoms with Gasteiger partial charge in [-0.05, 0) is 45.7 Å². The summed E-state index contributed by atoms with van der Waals surface area (Å²) < 4.78 is 5.15. The smallest absolute Gasteiger partial charge is 0.191 e. The van der Waals surface area contributed by atoms with Crippen molar-refractivity contribution in [2.75, 3.05) is 46.4 Å². The molecule has 0 aromatic heterocycles. The van der Waals surface area contributed by atoms with E-state index in [4.69, 9.17) is 9.73 Å². The van der Waals surface area contributed by atoms with E-state index in [0.29, 0.717) is 12.5 Å². The summed E-state index contributed by atoms with van der Waals surface area (Å²) in [6.07, 6.45) is 2.60. The number of methoxy groups -OCH3 is 1. The van der Waals surface area contributed by atoms with Crippen molar-refractivity contribution in [1.29, 1.82) is 0 Å². The number of aliphatic imine (C=N–C) groups is 1. The minimum atomic E-state index is 0.274. The first-order valence-electron chi connectivity index (χ1n) is 7.95. The molecule has 118 valence electrons. The van der Waals surface area contributed by atoms with E-state index in [2.05, 4.69) is 36.3 Å². The van der Waals surface area contributed by atoms with Crippen LogP contribution in [0, 0.1) is 5.92 Å². The third-order valence-corrected chi connectivity index (χ3v) is 3.70. The third kappa shape index (κ3) is 6.57. The van der Waals surface area contributed by atoms with Crippen LogP contribution in [0.2, 0.25) is 0 Å². The van der Waals surface area contributed by atoms with Crippen LogP contribution in [0.25, 0.3) is 0 Å². The zero-order valence-electron chi connectivity index (χ0n) is 13.6. The van der Waals surface area contributed by atoms with Gasteiger partial charge >= 0.3 is 0 Å². The molecule has 1 rings (SSSR count). The summed E-state index contributed by atoms with van der Waals surface area (Å²) in [7, 11) is 1.73. The largest absolute Gasteiger partial charge is 0.383 e. The van der Waals surface area contributed by atoms with Crippen molar-refractivity contribution in [3.8, 4) is 0 Å². The molecule has 0 aromatic carbocycles. The highest BCUT2D eigenvalue weighted by Gasteiger charge is 2.18. The molecule has 5 heteroatoms. The fourth-order valence-electron chi connectivity index (χ4n) is 2.65. The Balaban J connectivity index is 2.44. The van der Waals surface area contributed by atoms with Crippen molar-refractivity contribution in [2.24, 2.45) is 10.9 Å². The molecular weight excluding hydrogens is 252 g/mol.